The van der Waals surface area contributed by atoms with Gasteiger partial charge in [0.1, 0.15) is 5.82 Å². The number of halogens is 3. The van der Waals surface area contributed by atoms with Crippen molar-refractivity contribution in [1.82, 2.24) is 0 Å². The highest BCUT2D eigenvalue weighted by molar-refractivity contribution is 6.35. The molecule has 0 bridgehead atoms. The van der Waals surface area contributed by atoms with E-state index in [1.807, 2.05) is 0 Å². The fourth-order valence-electron chi connectivity index (χ4n) is 0.949. The molecule has 0 saturated carbocycles. The maximum absolute atomic E-state index is 13.0. The van der Waals surface area contributed by atoms with Crippen LogP contribution in [-0.2, 0) is 0 Å². The summed E-state index contributed by atoms with van der Waals surface area (Å²) >= 11 is 11.3. The Bertz CT molecular complexity index is 317. The molecule has 13 heavy (non-hydrogen) atoms. The minimum Gasteiger partial charge on any atom is -0.329 e. The van der Waals surface area contributed by atoms with Crippen molar-refractivity contribution in [2.75, 3.05) is 6.54 Å². The SMILES string of the molecule is NCC(N)c1cc(F)c(Cl)cc1Cl. The van der Waals surface area contributed by atoms with Gasteiger partial charge in [0.05, 0.1) is 5.02 Å². The first-order valence-electron chi connectivity index (χ1n) is 3.66. The molecule has 0 spiro atoms. The van der Waals surface area contributed by atoms with Crippen LogP contribution in [0, 0.1) is 5.82 Å². The maximum Gasteiger partial charge on any atom is 0.142 e. The van der Waals surface area contributed by atoms with E-state index in [1.165, 1.54) is 12.1 Å². The smallest absolute Gasteiger partial charge is 0.142 e. The fraction of sp³-hybridized carbons (Fsp3) is 0.250. The second-order valence-corrected chi connectivity index (χ2v) is 3.44. The van der Waals surface area contributed by atoms with Gasteiger partial charge in [0.2, 0.25) is 0 Å². The molecule has 0 saturated heterocycles. The lowest BCUT2D eigenvalue weighted by molar-refractivity contribution is 0.620. The van der Waals surface area contributed by atoms with E-state index in [2.05, 4.69) is 0 Å². The summed E-state index contributed by atoms with van der Waals surface area (Å²) in [4.78, 5) is 0. The van der Waals surface area contributed by atoms with Crippen LogP contribution in [-0.4, -0.2) is 6.54 Å². The zero-order valence-electron chi connectivity index (χ0n) is 6.73. The lowest BCUT2D eigenvalue weighted by atomic mass is 10.1. The van der Waals surface area contributed by atoms with Crippen LogP contribution in [0.15, 0.2) is 12.1 Å². The Labute approximate surface area is 85.6 Å². The molecule has 0 amide bonds. The van der Waals surface area contributed by atoms with Gasteiger partial charge in [-0.05, 0) is 17.7 Å². The average Bonchev–Trinajstić information content (AvgIpc) is 2.10. The van der Waals surface area contributed by atoms with Crippen LogP contribution in [0.2, 0.25) is 10.0 Å². The third-order valence-electron chi connectivity index (χ3n) is 1.69. The van der Waals surface area contributed by atoms with Gasteiger partial charge in [-0.25, -0.2) is 4.39 Å². The van der Waals surface area contributed by atoms with E-state index >= 15 is 0 Å². The Hall–Kier alpha value is -0.350. The van der Waals surface area contributed by atoms with Crippen LogP contribution in [0.25, 0.3) is 0 Å². The molecule has 0 aliphatic carbocycles. The highest BCUT2D eigenvalue weighted by Crippen LogP contribution is 2.27. The summed E-state index contributed by atoms with van der Waals surface area (Å²) in [7, 11) is 0. The van der Waals surface area contributed by atoms with Crippen molar-refractivity contribution in [3.63, 3.8) is 0 Å². The van der Waals surface area contributed by atoms with E-state index in [4.69, 9.17) is 34.7 Å². The van der Waals surface area contributed by atoms with Gasteiger partial charge in [-0.15, -0.1) is 0 Å². The molecule has 0 fully saturated rings. The minimum absolute atomic E-state index is 0.0158. The zero-order valence-corrected chi connectivity index (χ0v) is 8.24. The van der Waals surface area contributed by atoms with E-state index in [0.29, 0.717) is 10.6 Å². The molecule has 0 heterocycles. The van der Waals surface area contributed by atoms with Crippen LogP contribution >= 0.6 is 23.2 Å². The van der Waals surface area contributed by atoms with E-state index in [0.717, 1.165) is 0 Å². The van der Waals surface area contributed by atoms with Crippen molar-refractivity contribution in [1.29, 1.82) is 0 Å². The molecule has 0 aliphatic rings. The van der Waals surface area contributed by atoms with Crippen molar-refractivity contribution in [3.8, 4) is 0 Å². The Morgan fingerprint density at radius 1 is 1.31 bits per heavy atom. The van der Waals surface area contributed by atoms with Gasteiger partial charge in [0.25, 0.3) is 0 Å². The fourth-order valence-corrected chi connectivity index (χ4v) is 1.47. The average molecular weight is 223 g/mol. The van der Waals surface area contributed by atoms with Crippen LogP contribution in [0.1, 0.15) is 11.6 Å². The van der Waals surface area contributed by atoms with Crippen LogP contribution in [0.5, 0.6) is 0 Å². The molecular weight excluding hydrogens is 214 g/mol. The molecule has 4 N–H and O–H groups in total. The predicted octanol–water partition coefficient (Wildman–Crippen LogP) is 2.09. The van der Waals surface area contributed by atoms with Crippen molar-refractivity contribution >= 4 is 23.2 Å². The van der Waals surface area contributed by atoms with Crippen molar-refractivity contribution in [2.24, 2.45) is 11.5 Å². The van der Waals surface area contributed by atoms with Crippen LogP contribution in [0.4, 0.5) is 4.39 Å². The first-order valence-corrected chi connectivity index (χ1v) is 4.42. The summed E-state index contributed by atoms with van der Waals surface area (Å²) in [6.45, 7) is 0.209. The summed E-state index contributed by atoms with van der Waals surface area (Å²) in [6, 6.07) is 2.07. The molecule has 72 valence electrons. The Balaban J connectivity index is 3.15. The van der Waals surface area contributed by atoms with Crippen molar-refractivity contribution < 1.29 is 4.39 Å². The van der Waals surface area contributed by atoms with Gasteiger partial charge >= 0.3 is 0 Å². The highest BCUT2D eigenvalue weighted by Gasteiger charge is 2.12. The maximum atomic E-state index is 13.0. The Kier molecular flexibility index (Phi) is 3.50. The molecule has 1 atom stereocenters. The number of rotatable bonds is 2. The molecule has 1 unspecified atom stereocenters. The van der Waals surface area contributed by atoms with Crippen molar-refractivity contribution in [2.45, 2.75) is 6.04 Å². The summed E-state index contributed by atoms with van der Waals surface area (Å²) in [5.74, 6) is -0.537. The number of nitrogens with two attached hydrogens (primary N) is 2. The first kappa shape index (κ1) is 10.7. The topological polar surface area (TPSA) is 52.0 Å². The lowest BCUT2D eigenvalue weighted by Gasteiger charge is -2.11. The Morgan fingerprint density at radius 2 is 1.92 bits per heavy atom. The quantitative estimate of drug-likeness (QED) is 0.754. The Morgan fingerprint density at radius 3 is 2.46 bits per heavy atom. The molecule has 5 heteroatoms. The number of hydrogen-bond donors (Lipinski definition) is 2. The summed E-state index contributed by atoms with van der Waals surface area (Å²) in [5, 5.41) is 0.322. The van der Waals surface area contributed by atoms with E-state index in [9.17, 15) is 4.39 Å². The molecule has 1 rings (SSSR count). The van der Waals surface area contributed by atoms with Crippen molar-refractivity contribution in [3.05, 3.63) is 33.6 Å². The molecule has 2 nitrogen and oxygen atoms in total. The van der Waals surface area contributed by atoms with E-state index in [1.54, 1.807) is 0 Å². The second-order valence-electron chi connectivity index (χ2n) is 2.63. The predicted molar refractivity (Wildman–Crippen MR) is 52.4 cm³/mol. The van der Waals surface area contributed by atoms with Gasteiger partial charge in [0, 0.05) is 17.6 Å². The van der Waals surface area contributed by atoms with Crippen LogP contribution in [0.3, 0.4) is 0 Å². The normalized spacial score (nSPS) is 13.0. The third kappa shape index (κ3) is 2.31. The van der Waals surface area contributed by atoms with Gasteiger partial charge in [0.15, 0.2) is 0 Å². The third-order valence-corrected chi connectivity index (χ3v) is 2.31. The molecule has 1 aromatic carbocycles. The molecule has 0 radical (unpaired) electrons. The largest absolute Gasteiger partial charge is 0.329 e. The first-order chi connectivity index (χ1) is 6.06. The summed E-state index contributed by atoms with van der Waals surface area (Å²) in [5.41, 5.74) is 11.4. The van der Waals surface area contributed by atoms with Gasteiger partial charge in [-0.1, -0.05) is 23.2 Å². The molecule has 1 aromatic rings. The summed E-state index contributed by atoms with van der Waals surface area (Å²) in [6.07, 6.45) is 0. The highest BCUT2D eigenvalue weighted by atomic mass is 35.5. The van der Waals surface area contributed by atoms with Gasteiger partial charge < -0.3 is 11.5 Å². The standard InChI is InChI=1S/C8H9Cl2FN2/c9-5-2-6(10)7(11)1-4(5)8(13)3-12/h1-2,8H,3,12-13H2. The molecule has 0 aliphatic heterocycles. The van der Waals surface area contributed by atoms with E-state index in [-0.39, 0.29) is 11.6 Å². The second kappa shape index (κ2) is 4.24. The lowest BCUT2D eigenvalue weighted by Crippen LogP contribution is -2.21. The monoisotopic (exact) mass is 222 g/mol. The number of hydrogen-bond acceptors (Lipinski definition) is 2. The summed E-state index contributed by atoms with van der Waals surface area (Å²) < 4.78 is 13.0. The minimum atomic E-state index is -0.537. The number of benzene rings is 1. The van der Waals surface area contributed by atoms with Crippen LogP contribution < -0.4 is 11.5 Å². The van der Waals surface area contributed by atoms with Gasteiger partial charge in [-0.2, -0.15) is 0 Å². The molecule has 0 aromatic heterocycles. The molecular formula is C8H9Cl2FN2. The van der Waals surface area contributed by atoms with E-state index < -0.39 is 11.9 Å². The zero-order chi connectivity index (χ0) is 10.0. The van der Waals surface area contributed by atoms with Gasteiger partial charge in [-0.3, -0.25) is 0 Å².